The summed E-state index contributed by atoms with van der Waals surface area (Å²) in [6.07, 6.45) is 3.83. The number of imidazole rings is 1. The third-order valence-electron chi connectivity index (χ3n) is 4.26. The smallest absolute Gasteiger partial charge is 0.239 e. The van der Waals surface area contributed by atoms with E-state index in [0.717, 1.165) is 5.69 Å². The summed E-state index contributed by atoms with van der Waals surface area (Å²) in [4.78, 5) is 25.0. The average Bonchev–Trinajstić information content (AvgIpc) is 3.47. The van der Waals surface area contributed by atoms with E-state index in [0.29, 0.717) is 40.3 Å². The number of thioether (sulfide) groups is 1. The van der Waals surface area contributed by atoms with Crippen LogP contribution in [0.1, 0.15) is 19.0 Å². The van der Waals surface area contributed by atoms with Crippen LogP contribution in [0.4, 0.5) is 5.82 Å². The van der Waals surface area contributed by atoms with Crippen LogP contribution in [-0.2, 0) is 4.79 Å². The number of anilines is 1. The molecule has 4 aromatic rings. The number of aromatic amines is 1. The number of pyridine rings is 1. The van der Waals surface area contributed by atoms with E-state index in [1.54, 1.807) is 24.7 Å². The molecule has 7 nitrogen and oxygen atoms in total. The number of furan rings is 2. The molecular weight excluding hydrogens is 388 g/mol. The highest BCUT2D eigenvalue weighted by Crippen LogP contribution is 2.35. The van der Waals surface area contributed by atoms with Crippen LogP contribution in [0.2, 0.25) is 0 Å². The van der Waals surface area contributed by atoms with Crippen molar-refractivity contribution in [1.82, 2.24) is 15.0 Å². The maximum atomic E-state index is 12.8. The molecule has 2 N–H and O–H groups in total. The maximum absolute atomic E-state index is 12.8. The molecule has 4 heterocycles. The van der Waals surface area contributed by atoms with Crippen LogP contribution in [0.5, 0.6) is 0 Å². The first kappa shape index (κ1) is 19.1. The number of hydrogen-bond donors (Lipinski definition) is 2. The zero-order valence-corrected chi connectivity index (χ0v) is 16.8. The normalized spacial score (nSPS) is 12.1. The molecule has 4 aromatic heterocycles. The van der Waals surface area contributed by atoms with Crippen molar-refractivity contribution in [3.8, 4) is 22.9 Å². The molecule has 29 heavy (non-hydrogen) atoms. The second-order valence-corrected chi connectivity index (χ2v) is 7.58. The third kappa shape index (κ3) is 4.27. The molecule has 0 radical (unpaired) electrons. The van der Waals surface area contributed by atoms with Gasteiger partial charge < -0.3 is 19.1 Å². The van der Waals surface area contributed by atoms with E-state index in [1.807, 2.05) is 44.2 Å². The molecular formula is C21H20N4O3S. The molecule has 0 fully saturated rings. The Bertz CT molecular complexity index is 1040. The number of H-pyrrole nitrogens is 1. The minimum Gasteiger partial charge on any atom is -0.463 e. The van der Waals surface area contributed by atoms with Crippen molar-refractivity contribution in [3.05, 3.63) is 60.7 Å². The number of nitrogens with zero attached hydrogens (tertiary/aromatic N) is 2. The van der Waals surface area contributed by atoms with Gasteiger partial charge in [0.25, 0.3) is 0 Å². The largest absolute Gasteiger partial charge is 0.463 e. The SMILES string of the molecule is CCC(Sc1nc(-c2ccco2)c(-c2ccco2)[nH]1)C(=O)Nc1cccc(C)n1. The summed E-state index contributed by atoms with van der Waals surface area (Å²) < 4.78 is 11.1. The van der Waals surface area contributed by atoms with E-state index < -0.39 is 0 Å². The van der Waals surface area contributed by atoms with Crippen LogP contribution in [0.25, 0.3) is 22.9 Å². The summed E-state index contributed by atoms with van der Waals surface area (Å²) in [5.74, 6) is 1.70. The van der Waals surface area contributed by atoms with Crippen LogP contribution in [0.3, 0.4) is 0 Å². The molecule has 8 heteroatoms. The van der Waals surface area contributed by atoms with Crippen molar-refractivity contribution in [2.24, 2.45) is 0 Å². The van der Waals surface area contributed by atoms with Gasteiger partial charge in [0.15, 0.2) is 16.7 Å². The summed E-state index contributed by atoms with van der Waals surface area (Å²) in [5.41, 5.74) is 2.20. The predicted octanol–water partition coefficient (Wildman–Crippen LogP) is 5.14. The van der Waals surface area contributed by atoms with Crippen molar-refractivity contribution < 1.29 is 13.6 Å². The number of amides is 1. The van der Waals surface area contributed by atoms with Gasteiger partial charge in [0.1, 0.15) is 17.2 Å². The lowest BCUT2D eigenvalue weighted by Gasteiger charge is -2.13. The average molecular weight is 408 g/mol. The Labute approximate surface area is 171 Å². The molecule has 0 saturated carbocycles. The van der Waals surface area contributed by atoms with Gasteiger partial charge in [-0.25, -0.2) is 9.97 Å². The highest BCUT2D eigenvalue weighted by Gasteiger charge is 2.24. The highest BCUT2D eigenvalue weighted by atomic mass is 32.2. The zero-order valence-electron chi connectivity index (χ0n) is 16.0. The summed E-state index contributed by atoms with van der Waals surface area (Å²) in [6.45, 7) is 3.85. The Balaban J connectivity index is 1.57. The molecule has 0 aromatic carbocycles. The molecule has 1 amide bonds. The monoisotopic (exact) mass is 408 g/mol. The first-order chi connectivity index (χ1) is 14.1. The van der Waals surface area contributed by atoms with Gasteiger partial charge in [0.05, 0.1) is 17.8 Å². The number of aryl methyl sites for hydroxylation is 1. The van der Waals surface area contributed by atoms with Crippen molar-refractivity contribution in [1.29, 1.82) is 0 Å². The Morgan fingerprint density at radius 2 is 1.86 bits per heavy atom. The predicted molar refractivity (Wildman–Crippen MR) is 112 cm³/mol. The van der Waals surface area contributed by atoms with Gasteiger partial charge >= 0.3 is 0 Å². The molecule has 0 bridgehead atoms. The zero-order chi connectivity index (χ0) is 20.2. The van der Waals surface area contributed by atoms with Crippen molar-refractivity contribution in [3.63, 3.8) is 0 Å². The van der Waals surface area contributed by atoms with Gasteiger partial charge in [0, 0.05) is 5.69 Å². The first-order valence-corrected chi connectivity index (χ1v) is 10.1. The fourth-order valence-corrected chi connectivity index (χ4v) is 3.78. The minimum absolute atomic E-state index is 0.119. The van der Waals surface area contributed by atoms with E-state index in [4.69, 9.17) is 8.83 Å². The lowest BCUT2D eigenvalue weighted by Crippen LogP contribution is -2.25. The van der Waals surface area contributed by atoms with E-state index >= 15 is 0 Å². The fraction of sp³-hybridized carbons (Fsp3) is 0.190. The lowest BCUT2D eigenvalue weighted by molar-refractivity contribution is -0.115. The second-order valence-electron chi connectivity index (χ2n) is 6.39. The molecule has 1 unspecified atom stereocenters. The molecule has 4 rings (SSSR count). The van der Waals surface area contributed by atoms with Crippen LogP contribution in [0, 0.1) is 6.92 Å². The van der Waals surface area contributed by atoms with Gasteiger partial charge in [-0.3, -0.25) is 4.79 Å². The molecule has 0 aliphatic carbocycles. The van der Waals surface area contributed by atoms with Crippen LogP contribution < -0.4 is 5.32 Å². The fourth-order valence-electron chi connectivity index (χ4n) is 2.87. The maximum Gasteiger partial charge on any atom is 0.239 e. The van der Waals surface area contributed by atoms with Crippen LogP contribution in [-0.4, -0.2) is 26.1 Å². The Morgan fingerprint density at radius 1 is 1.10 bits per heavy atom. The highest BCUT2D eigenvalue weighted by molar-refractivity contribution is 8.00. The summed E-state index contributed by atoms with van der Waals surface area (Å²) in [5, 5.41) is 3.16. The van der Waals surface area contributed by atoms with E-state index in [-0.39, 0.29) is 11.2 Å². The second kappa shape index (κ2) is 8.40. The quantitative estimate of drug-likeness (QED) is 0.411. The minimum atomic E-state index is -0.336. The summed E-state index contributed by atoms with van der Waals surface area (Å²) in [7, 11) is 0. The van der Waals surface area contributed by atoms with Gasteiger partial charge in [-0.2, -0.15) is 0 Å². The molecule has 0 spiro atoms. The number of carbonyl (C=O) groups excluding carboxylic acids is 1. The molecule has 0 saturated heterocycles. The molecule has 0 aliphatic heterocycles. The van der Waals surface area contributed by atoms with Crippen molar-refractivity contribution in [2.45, 2.75) is 30.7 Å². The van der Waals surface area contributed by atoms with Gasteiger partial charge in [-0.05, 0) is 49.7 Å². The van der Waals surface area contributed by atoms with E-state index in [9.17, 15) is 4.79 Å². The van der Waals surface area contributed by atoms with Gasteiger partial charge in [-0.1, -0.05) is 24.8 Å². The van der Waals surface area contributed by atoms with Crippen LogP contribution in [0.15, 0.2) is 69.0 Å². The van der Waals surface area contributed by atoms with Crippen molar-refractivity contribution >= 4 is 23.5 Å². The number of nitrogens with one attached hydrogen (secondary N) is 2. The number of aromatic nitrogens is 3. The first-order valence-electron chi connectivity index (χ1n) is 9.23. The number of hydrogen-bond acceptors (Lipinski definition) is 6. The van der Waals surface area contributed by atoms with Crippen molar-refractivity contribution in [2.75, 3.05) is 5.32 Å². The lowest BCUT2D eigenvalue weighted by atomic mass is 10.2. The standard InChI is InChI=1S/C21H20N4O3S/c1-3-16(20(26)23-17-10-4-7-13(2)22-17)29-21-24-18(14-8-5-11-27-14)19(25-21)15-9-6-12-28-15/h4-12,16H,3H2,1-2H3,(H,24,25)(H,22,23,26). The Morgan fingerprint density at radius 3 is 2.52 bits per heavy atom. The van der Waals surface area contributed by atoms with Gasteiger partial charge in [-0.15, -0.1) is 0 Å². The number of carbonyl (C=O) groups is 1. The summed E-state index contributed by atoms with van der Waals surface area (Å²) >= 11 is 1.36. The van der Waals surface area contributed by atoms with Crippen LogP contribution >= 0.6 is 11.8 Å². The number of rotatable bonds is 7. The summed E-state index contributed by atoms with van der Waals surface area (Å²) in [6, 6.07) is 12.8. The Kier molecular flexibility index (Phi) is 5.53. The molecule has 148 valence electrons. The van der Waals surface area contributed by atoms with Gasteiger partial charge in [0.2, 0.25) is 5.91 Å². The topological polar surface area (TPSA) is 97.0 Å². The molecule has 1 atom stereocenters. The molecule has 0 aliphatic rings. The third-order valence-corrected chi connectivity index (χ3v) is 5.51. The van der Waals surface area contributed by atoms with E-state index in [2.05, 4.69) is 20.3 Å². The van der Waals surface area contributed by atoms with E-state index in [1.165, 1.54) is 11.8 Å². The Hall–Kier alpha value is -3.26.